The van der Waals surface area contributed by atoms with E-state index >= 15 is 0 Å². The maximum Gasteiger partial charge on any atom is 0.329 e. The third-order valence-electron chi connectivity index (χ3n) is 10.4. The molecule has 0 saturated heterocycles. The fourth-order valence-corrected chi connectivity index (χ4v) is 6.77. The Hall–Kier alpha value is -1.05. The summed E-state index contributed by atoms with van der Waals surface area (Å²) in [6.07, 6.45) is 48.8. The van der Waals surface area contributed by atoms with Crippen LogP contribution >= 0.6 is 0 Å². The molecule has 0 saturated carbocycles. The van der Waals surface area contributed by atoms with Gasteiger partial charge in [0.1, 0.15) is 19.1 Å². The smallest absolute Gasteiger partial charge is 0.329 e. The van der Waals surface area contributed by atoms with E-state index in [4.69, 9.17) is 20.9 Å². The van der Waals surface area contributed by atoms with E-state index in [0.717, 1.165) is 43.8 Å². The molecule has 0 aliphatic carbocycles. The van der Waals surface area contributed by atoms with Crippen molar-refractivity contribution >= 4 is 5.91 Å². The van der Waals surface area contributed by atoms with E-state index in [1.165, 1.54) is 167 Å². The maximum absolute atomic E-state index is 13.2. The first-order chi connectivity index (χ1) is 25.7. The topological polar surface area (TPSA) is 92.0 Å². The van der Waals surface area contributed by atoms with Crippen molar-refractivity contribution in [2.24, 2.45) is 11.5 Å². The van der Waals surface area contributed by atoms with Crippen LogP contribution in [0.5, 0.6) is 0 Å². The van der Waals surface area contributed by atoms with E-state index in [-0.39, 0.29) is 5.91 Å². The molecule has 0 fully saturated rings. The number of rotatable bonds is 43. The summed E-state index contributed by atoms with van der Waals surface area (Å²) in [7, 11) is 0. The second kappa shape index (κ2) is 44.3. The minimum atomic E-state index is -0.437. The molecule has 0 bridgehead atoms. The van der Waals surface area contributed by atoms with Crippen LogP contribution in [-0.4, -0.2) is 58.0 Å². The molecule has 0 radical (unpaired) electrons. The summed E-state index contributed by atoms with van der Waals surface area (Å²) in [5.74, 6) is 0.0960. The Balaban J connectivity index is 3.92. The van der Waals surface area contributed by atoms with Crippen molar-refractivity contribution in [3.8, 4) is 0 Å². The molecular weight excluding hydrogens is 643 g/mol. The predicted molar refractivity (Wildman–Crippen MR) is 227 cm³/mol. The van der Waals surface area contributed by atoms with Gasteiger partial charge in [0.25, 0.3) is 0 Å². The zero-order valence-electron chi connectivity index (χ0n) is 35.1. The molecule has 0 spiro atoms. The first kappa shape index (κ1) is 51.0. The van der Waals surface area contributed by atoms with E-state index in [9.17, 15) is 4.79 Å². The minimum Gasteiger partial charge on any atom is -0.376 e. The van der Waals surface area contributed by atoms with Gasteiger partial charge in [-0.2, -0.15) is 0 Å². The summed E-state index contributed by atoms with van der Waals surface area (Å²) in [4.78, 5) is 14.1. The first-order valence-corrected chi connectivity index (χ1v) is 23.0. The zero-order chi connectivity index (χ0) is 37.8. The Morgan fingerprint density at radius 1 is 0.481 bits per heavy atom. The van der Waals surface area contributed by atoms with Gasteiger partial charge in [0.05, 0.1) is 13.2 Å². The standard InChI is InChI=1S/C46H91N3O3/c1-3-5-7-9-11-13-15-17-19-21-23-25-27-29-31-35-41-51-43-39-49(46(50)45(48)37-33-34-38-47)40-44-52-42-36-32-30-28-26-24-22-20-18-16-14-12-10-8-6-4-2/h17-20,45H,3-16,21-44,47-48H2,1-2H3/p+1/b19-17-,20-18-/t45-/m0/s1. The van der Waals surface area contributed by atoms with Crippen LogP contribution < -0.4 is 16.4 Å². The van der Waals surface area contributed by atoms with Gasteiger partial charge in [-0.1, -0.05) is 154 Å². The average Bonchev–Trinajstić information content (AvgIpc) is 3.15. The number of nitrogens with one attached hydrogen (secondary N) is 1. The molecule has 5 N–H and O–H groups in total. The van der Waals surface area contributed by atoms with Gasteiger partial charge in [-0.25, -0.2) is 4.79 Å². The summed E-state index contributed by atoms with van der Waals surface area (Å²) in [5.41, 5.74) is 12.0. The molecule has 0 aromatic carbocycles. The maximum atomic E-state index is 13.2. The van der Waals surface area contributed by atoms with Crippen molar-refractivity contribution < 1.29 is 19.2 Å². The monoisotopic (exact) mass is 735 g/mol. The van der Waals surface area contributed by atoms with E-state index in [1.807, 2.05) is 0 Å². The largest absolute Gasteiger partial charge is 0.376 e. The number of carbonyl (C=O) groups is 1. The molecular formula is C46H92N3O3+. The summed E-state index contributed by atoms with van der Waals surface area (Å²) in [6.45, 7) is 9.26. The van der Waals surface area contributed by atoms with Gasteiger partial charge < -0.3 is 20.9 Å². The molecule has 0 aromatic rings. The molecule has 6 nitrogen and oxygen atoms in total. The first-order valence-electron chi connectivity index (χ1n) is 23.0. The van der Waals surface area contributed by atoms with Crippen LogP contribution in [0.4, 0.5) is 0 Å². The Morgan fingerprint density at radius 3 is 1.19 bits per heavy atom. The normalized spacial score (nSPS) is 12.6. The van der Waals surface area contributed by atoms with Gasteiger partial charge in [0, 0.05) is 13.2 Å². The van der Waals surface area contributed by atoms with Crippen molar-refractivity contribution in [3.63, 3.8) is 0 Å². The second-order valence-corrected chi connectivity index (χ2v) is 15.5. The number of carbonyl (C=O) groups excluding carboxylic acids is 1. The molecule has 1 atom stereocenters. The molecule has 0 aliphatic rings. The summed E-state index contributed by atoms with van der Waals surface area (Å²) >= 11 is 0. The number of quaternary nitrogens is 1. The lowest BCUT2D eigenvalue weighted by molar-refractivity contribution is -0.822. The highest BCUT2D eigenvalue weighted by Gasteiger charge is 2.25. The van der Waals surface area contributed by atoms with Gasteiger partial charge in [0.2, 0.25) is 0 Å². The number of hydrogen-bond donors (Lipinski definition) is 3. The zero-order valence-corrected chi connectivity index (χ0v) is 35.1. The van der Waals surface area contributed by atoms with Crippen molar-refractivity contribution in [2.75, 3.05) is 46.1 Å². The highest BCUT2D eigenvalue weighted by Crippen LogP contribution is 2.11. The molecule has 0 aromatic heterocycles. The lowest BCUT2D eigenvalue weighted by Gasteiger charge is -2.20. The Kier molecular flexibility index (Phi) is 43.5. The lowest BCUT2D eigenvalue weighted by Crippen LogP contribution is -3.17. The predicted octanol–water partition coefficient (Wildman–Crippen LogP) is 11.0. The molecule has 1 amide bonds. The SMILES string of the molecule is CCCCCCCC/C=C\CCCCCCCCOCC[NH+](CCOCCCCCCCC/C=C\CCCCCCCC)C(=O)[C@@H](N)CCCCN. The van der Waals surface area contributed by atoms with Crippen LogP contribution in [0.1, 0.15) is 213 Å². The molecule has 6 heteroatoms. The average molecular weight is 735 g/mol. The highest BCUT2D eigenvalue weighted by atomic mass is 16.5. The van der Waals surface area contributed by atoms with Gasteiger partial charge in [0.15, 0.2) is 0 Å². The lowest BCUT2D eigenvalue weighted by atomic mass is 10.1. The van der Waals surface area contributed by atoms with E-state index < -0.39 is 6.04 Å². The molecule has 0 heterocycles. The van der Waals surface area contributed by atoms with Gasteiger partial charge in [-0.3, -0.25) is 4.90 Å². The van der Waals surface area contributed by atoms with Crippen LogP contribution in [-0.2, 0) is 14.3 Å². The third-order valence-corrected chi connectivity index (χ3v) is 10.4. The highest BCUT2D eigenvalue weighted by molar-refractivity contribution is 5.72. The number of nitrogens with two attached hydrogens (primary N) is 2. The van der Waals surface area contributed by atoms with Crippen LogP contribution in [0.25, 0.3) is 0 Å². The number of allylic oxidation sites excluding steroid dienone is 4. The van der Waals surface area contributed by atoms with Gasteiger partial charge in [-0.15, -0.1) is 0 Å². The fourth-order valence-electron chi connectivity index (χ4n) is 6.77. The van der Waals surface area contributed by atoms with Crippen molar-refractivity contribution in [1.82, 2.24) is 0 Å². The molecule has 308 valence electrons. The van der Waals surface area contributed by atoms with Crippen molar-refractivity contribution in [3.05, 3.63) is 24.3 Å². The molecule has 52 heavy (non-hydrogen) atoms. The van der Waals surface area contributed by atoms with Gasteiger partial charge in [-0.05, 0) is 90.0 Å². The van der Waals surface area contributed by atoms with Crippen LogP contribution in [0.15, 0.2) is 24.3 Å². The summed E-state index contributed by atoms with van der Waals surface area (Å²) < 4.78 is 11.9. The minimum absolute atomic E-state index is 0.0960. The Morgan fingerprint density at radius 2 is 0.827 bits per heavy atom. The third kappa shape index (κ3) is 38.7. The fraction of sp³-hybridized carbons (Fsp3) is 0.891. The molecule has 0 aliphatic heterocycles. The number of unbranched alkanes of at least 4 members (excludes halogenated alkanes) is 25. The Bertz CT molecular complexity index is 711. The number of hydrogen-bond acceptors (Lipinski definition) is 5. The molecule has 0 rings (SSSR count). The van der Waals surface area contributed by atoms with Crippen LogP contribution in [0.3, 0.4) is 0 Å². The van der Waals surface area contributed by atoms with Crippen molar-refractivity contribution in [1.29, 1.82) is 0 Å². The van der Waals surface area contributed by atoms with E-state index in [0.29, 0.717) is 39.3 Å². The second-order valence-electron chi connectivity index (χ2n) is 15.5. The van der Waals surface area contributed by atoms with Crippen LogP contribution in [0, 0.1) is 0 Å². The van der Waals surface area contributed by atoms with E-state index in [2.05, 4.69) is 38.2 Å². The number of amides is 1. The number of ether oxygens (including phenoxy) is 2. The quantitative estimate of drug-likeness (QED) is 0.0428. The van der Waals surface area contributed by atoms with E-state index in [1.54, 1.807) is 0 Å². The van der Waals surface area contributed by atoms with Gasteiger partial charge >= 0.3 is 5.91 Å². The molecule has 0 unspecified atom stereocenters. The summed E-state index contributed by atoms with van der Waals surface area (Å²) in [6, 6.07) is -0.437. The van der Waals surface area contributed by atoms with Crippen LogP contribution in [0.2, 0.25) is 0 Å². The Labute approximate surface area is 325 Å². The summed E-state index contributed by atoms with van der Waals surface area (Å²) in [5, 5.41) is 0. The van der Waals surface area contributed by atoms with Crippen molar-refractivity contribution in [2.45, 2.75) is 219 Å².